The van der Waals surface area contributed by atoms with Crippen molar-refractivity contribution in [3.63, 3.8) is 0 Å². The molecule has 0 saturated heterocycles. The van der Waals surface area contributed by atoms with Gasteiger partial charge in [0.15, 0.2) is 0 Å². The van der Waals surface area contributed by atoms with Crippen LogP contribution in [-0.4, -0.2) is 9.91 Å². The SMILES string of the molecule is O=[N+]([O-])c1ccc(CNc2cccc(F)n2)s1. The number of rotatable bonds is 4. The number of pyridine rings is 1. The van der Waals surface area contributed by atoms with E-state index in [1.807, 2.05) is 0 Å². The van der Waals surface area contributed by atoms with E-state index in [4.69, 9.17) is 0 Å². The first-order valence-corrected chi connectivity index (χ1v) is 5.56. The van der Waals surface area contributed by atoms with Crippen molar-refractivity contribution in [2.45, 2.75) is 6.54 Å². The standard InChI is InChI=1S/C10H8FN3O2S/c11-8-2-1-3-9(13-8)12-6-7-4-5-10(17-7)14(15)16/h1-5H,6H2,(H,12,13). The second-order valence-corrected chi connectivity index (χ2v) is 4.34. The molecule has 0 atom stereocenters. The van der Waals surface area contributed by atoms with Gasteiger partial charge in [-0.1, -0.05) is 17.4 Å². The molecule has 2 rings (SSSR count). The van der Waals surface area contributed by atoms with E-state index in [2.05, 4.69) is 10.3 Å². The molecule has 0 aliphatic rings. The highest BCUT2D eigenvalue weighted by atomic mass is 32.1. The Morgan fingerprint density at radius 1 is 1.41 bits per heavy atom. The van der Waals surface area contributed by atoms with Crippen LogP contribution in [0.25, 0.3) is 0 Å². The minimum Gasteiger partial charge on any atom is -0.365 e. The van der Waals surface area contributed by atoms with E-state index in [1.165, 1.54) is 12.1 Å². The Hall–Kier alpha value is -2.02. The molecular weight excluding hydrogens is 245 g/mol. The highest BCUT2D eigenvalue weighted by molar-refractivity contribution is 7.15. The number of thiophene rings is 1. The summed E-state index contributed by atoms with van der Waals surface area (Å²) in [5.41, 5.74) is 0. The second kappa shape index (κ2) is 4.88. The number of anilines is 1. The highest BCUT2D eigenvalue weighted by Crippen LogP contribution is 2.24. The maximum absolute atomic E-state index is 12.8. The van der Waals surface area contributed by atoms with Crippen molar-refractivity contribution >= 4 is 22.2 Å². The Morgan fingerprint density at radius 3 is 2.88 bits per heavy atom. The molecule has 88 valence electrons. The van der Waals surface area contributed by atoms with Crippen LogP contribution in [0.2, 0.25) is 0 Å². The summed E-state index contributed by atoms with van der Waals surface area (Å²) in [4.78, 5) is 14.4. The summed E-state index contributed by atoms with van der Waals surface area (Å²) in [6.07, 6.45) is 0. The fourth-order valence-electron chi connectivity index (χ4n) is 1.24. The van der Waals surface area contributed by atoms with Crippen molar-refractivity contribution in [3.05, 3.63) is 51.3 Å². The molecule has 0 bridgehead atoms. The van der Waals surface area contributed by atoms with E-state index in [9.17, 15) is 14.5 Å². The van der Waals surface area contributed by atoms with Gasteiger partial charge in [0.25, 0.3) is 0 Å². The molecule has 17 heavy (non-hydrogen) atoms. The molecule has 0 amide bonds. The summed E-state index contributed by atoms with van der Waals surface area (Å²) in [7, 11) is 0. The van der Waals surface area contributed by atoms with E-state index < -0.39 is 10.9 Å². The van der Waals surface area contributed by atoms with E-state index >= 15 is 0 Å². The van der Waals surface area contributed by atoms with Crippen LogP contribution in [0.4, 0.5) is 15.2 Å². The number of nitrogens with one attached hydrogen (secondary N) is 1. The summed E-state index contributed by atoms with van der Waals surface area (Å²) in [6, 6.07) is 7.53. The number of nitro groups is 1. The number of hydrogen-bond acceptors (Lipinski definition) is 5. The van der Waals surface area contributed by atoms with Crippen LogP contribution in [-0.2, 0) is 6.54 Å². The predicted molar refractivity (Wildman–Crippen MR) is 62.5 cm³/mol. The van der Waals surface area contributed by atoms with E-state index in [0.29, 0.717) is 12.4 Å². The maximum atomic E-state index is 12.8. The quantitative estimate of drug-likeness (QED) is 0.517. The van der Waals surface area contributed by atoms with Gasteiger partial charge in [-0.2, -0.15) is 4.39 Å². The Bertz CT molecular complexity index is 544. The molecule has 7 heteroatoms. The normalized spacial score (nSPS) is 10.2. The fourth-order valence-corrected chi connectivity index (χ4v) is 2.00. The molecule has 2 aromatic heterocycles. The van der Waals surface area contributed by atoms with E-state index in [1.54, 1.807) is 18.2 Å². The van der Waals surface area contributed by atoms with Gasteiger partial charge in [0.05, 0.1) is 11.5 Å². The van der Waals surface area contributed by atoms with Gasteiger partial charge in [0, 0.05) is 10.9 Å². The molecule has 0 spiro atoms. The van der Waals surface area contributed by atoms with E-state index in [-0.39, 0.29) is 5.00 Å². The third kappa shape index (κ3) is 2.97. The minimum atomic E-state index is -0.563. The highest BCUT2D eigenvalue weighted by Gasteiger charge is 2.09. The Balaban J connectivity index is 2.00. The third-order valence-electron chi connectivity index (χ3n) is 1.99. The van der Waals surface area contributed by atoms with Crippen molar-refractivity contribution < 1.29 is 9.31 Å². The molecule has 0 aliphatic carbocycles. The first-order chi connectivity index (χ1) is 8.15. The maximum Gasteiger partial charge on any atom is 0.324 e. The number of aromatic nitrogens is 1. The molecule has 0 unspecified atom stereocenters. The van der Waals surface area contributed by atoms with Crippen molar-refractivity contribution in [2.24, 2.45) is 0 Å². The van der Waals surface area contributed by atoms with Crippen LogP contribution in [0.1, 0.15) is 4.88 Å². The molecule has 0 aliphatic heterocycles. The lowest BCUT2D eigenvalue weighted by molar-refractivity contribution is -0.380. The molecule has 0 aromatic carbocycles. The van der Waals surface area contributed by atoms with Crippen molar-refractivity contribution in [2.75, 3.05) is 5.32 Å². The molecule has 0 radical (unpaired) electrons. The Morgan fingerprint density at radius 2 is 2.24 bits per heavy atom. The zero-order valence-electron chi connectivity index (χ0n) is 8.59. The van der Waals surface area contributed by atoms with Crippen LogP contribution in [0, 0.1) is 16.1 Å². The third-order valence-corrected chi connectivity index (χ3v) is 3.02. The summed E-state index contributed by atoms with van der Waals surface area (Å²) < 4.78 is 12.8. The van der Waals surface area contributed by atoms with Gasteiger partial charge < -0.3 is 5.32 Å². The largest absolute Gasteiger partial charge is 0.365 e. The molecule has 1 N–H and O–H groups in total. The molecule has 2 aromatic rings. The fraction of sp³-hybridized carbons (Fsp3) is 0.100. The average molecular weight is 253 g/mol. The number of hydrogen-bond donors (Lipinski definition) is 1. The lowest BCUT2D eigenvalue weighted by Crippen LogP contribution is -2.00. The first kappa shape index (κ1) is 11.5. The molecule has 0 saturated carbocycles. The van der Waals surface area contributed by atoms with Gasteiger partial charge in [-0.25, -0.2) is 4.98 Å². The van der Waals surface area contributed by atoms with Gasteiger partial charge in [0.2, 0.25) is 5.95 Å². The molecule has 5 nitrogen and oxygen atoms in total. The van der Waals surface area contributed by atoms with Gasteiger partial charge in [-0.3, -0.25) is 10.1 Å². The van der Waals surface area contributed by atoms with Gasteiger partial charge >= 0.3 is 5.00 Å². The van der Waals surface area contributed by atoms with E-state index in [0.717, 1.165) is 16.2 Å². The van der Waals surface area contributed by atoms with Crippen molar-refractivity contribution in [1.29, 1.82) is 0 Å². The van der Waals surface area contributed by atoms with Crippen LogP contribution >= 0.6 is 11.3 Å². The lowest BCUT2D eigenvalue weighted by Gasteiger charge is -2.02. The summed E-state index contributed by atoms with van der Waals surface area (Å²) in [5, 5.41) is 13.4. The monoisotopic (exact) mass is 253 g/mol. The smallest absolute Gasteiger partial charge is 0.324 e. The summed E-state index contributed by atoms with van der Waals surface area (Å²) in [5.74, 6) is -0.159. The van der Waals surface area contributed by atoms with Crippen LogP contribution in [0.15, 0.2) is 30.3 Å². The Labute approximate surface area is 100 Å². The zero-order chi connectivity index (χ0) is 12.3. The van der Waals surface area contributed by atoms with Crippen molar-refractivity contribution in [3.8, 4) is 0 Å². The summed E-state index contributed by atoms with van der Waals surface area (Å²) >= 11 is 1.08. The average Bonchev–Trinajstić information content (AvgIpc) is 2.75. The topological polar surface area (TPSA) is 68.1 Å². The predicted octanol–water partition coefficient (Wildman–Crippen LogP) is 2.80. The van der Waals surface area contributed by atoms with Crippen molar-refractivity contribution in [1.82, 2.24) is 4.98 Å². The number of halogens is 1. The minimum absolute atomic E-state index is 0.0917. The number of nitrogens with zero attached hydrogens (tertiary/aromatic N) is 2. The molecular formula is C10H8FN3O2S. The Kier molecular flexibility index (Phi) is 3.29. The zero-order valence-corrected chi connectivity index (χ0v) is 9.41. The molecule has 2 heterocycles. The van der Waals surface area contributed by atoms with Crippen LogP contribution < -0.4 is 5.32 Å². The van der Waals surface area contributed by atoms with Gasteiger partial charge in [-0.05, 0) is 18.2 Å². The van der Waals surface area contributed by atoms with Crippen LogP contribution in [0.3, 0.4) is 0 Å². The lowest BCUT2D eigenvalue weighted by atomic mass is 10.4. The van der Waals surface area contributed by atoms with Gasteiger partial charge in [0.1, 0.15) is 5.82 Å². The van der Waals surface area contributed by atoms with Gasteiger partial charge in [-0.15, -0.1) is 0 Å². The van der Waals surface area contributed by atoms with Crippen LogP contribution in [0.5, 0.6) is 0 Å². The first-order valence-electron chi connectivity index (χ1n) is 4.75. The second-order valence-electron chi connectivity index (χ2n) is 3.20. The summed E-state index contributed by atoms with van der Waals surface area (Å²) in [6.45, 7) is 0.384. The molecule has 0 fully saturated rings.